The summed E-state index contributed by atoms with van der Waals surface area (Å²) in [7, 11) is 0. The molecule has 2 saturated heterocycles. The van der Waals surface area contributed by atoms with Gasteiger partial charge in [-0.2, -0.15) is 0 Å². The molecule has 8 nitrogen and oxygen atoms in total. The highest BCUT2D eigenvalue weighted by atomic mass is 16.5. The highest BCUT2D eigenvalue weighted by Gasteiger charge is 2.24. The summed E-state index contributed by atoms with van der Waals surface area (Å²) < 4.78 is 10.9. The first kappa shape index (κ1) is 20.7. The maximum absolute atomic E-state index is 12.4. The molecule has 0 unspecified atom stereocenters. The van der Waals surface area contributed by atoms with Gasteiger partial charge in [-0.1, -0.05) is 0 Å². The van der Waals surface area contributed by atoms with Crippen LogP contribution in [0.15, 0.2) is 15.5 Å². The van der Waals surface area contributed by atoms with E-state index in [0.717, 1.165) is 55.8 Å². The van der Waals surface area contributed by atoms with E-state index in [4.69, 9.17) is 14.1 Å². The number of ether oxygens (including phenoxy) is 1. The van der Waals surface area contributed by atoms with Crippen molar-refractivity contribution in [3.05, 3.63) is 23.2 Å². The number of guanidine groups is 1. The molecule has 0 aromatic carbocycles. The van der Waals surface area contributed by atoms with E-state index in [1.165, 1.54) is 0 Å². The Morgan fingerprint density at radius 3 is 2.43 bits per heavy atom. The number of aliphatic imine (C=N–C) groups is 1. The minimum Gasteiger partial charge on any atom is -0.466 e. The van der Waals surface area contributed by atoms with Crippen molar-refractivity contribution >= 4 is 11.9 Å². The first-order valence-corrected chi connectivity index (χ1v) is 10.2. The molecule has 2 aliphatic rings. The monoisotopic (exact) mass is 391 g/mol. The van der Waals surface area contributed by atoms with Crippen LogP contribution in [0.3, 0.4) is 0 Å². The predicted octanol–water partition coefficient (Wildman–Crippen LogP) is 0.838. The molecule has 0 radical (unpaired) electrons. The lowest BCUT2D eigenvalue weighted by Gasteiger charge is -2.37. The Morgan fingerprint density at radius 1 is 1.11 bits per heavy atom. The van der Waals surface area contributed by atoms with Crippen LogP contribution in [0.25, 0.3) is 0 Å². The number of nitrogens with one attached hydrogen (secondary N) is 1. The Morgan fingerprint density at radius 2 is 1.82 bits per heavy atom. The van der Waals surface area contributed by atoms with Crippen molar-refractivity contribution in [2.24, 2.45) is 4.99 Å². The van der Waals surface area contributed by atoms with E-state index >= 15 is 0 Å². The van der Waals surface area contributed by atoms with Gasteiger partial charge in [-0.15, -0.1) is 0 Å². The maximum Gasteiger partial charge on any atom is 0.236 e. The van der Waals surface area contributed by atoms with Gasteiger partial charge in [0.2, 0.25) is 5.91 Å². The second-order valence-electron chi connectivity index (χ2n) is 7.36. The Kier molecular flexibility index (Phi) is 7.33. The van der Waals surface area contributed by atoms with Gasteiger partial charge in [0.05, 0.1) is 26.3 Å². The summed E-state index contributed by atoms with van der Waals surface area (Å²) in [4.78, 5) is 23.7. The van der Waals surface area contributed by atoms with E-state index in [9.17, 15) is 4.79 Å². The van der Waals surface area contributed by atoms with Crippen molar-refractivity contribution in [1.29, 1.82) is 0 Å². The number of amides is 1. The Balaban J connectivity index is 1.51. The third kappa shape index (κ3) is 5.48. The van der Waals surface area contributed by atoms with Gasteiger partial charge in [0.1, 0.15) is 11.5 Å². The van der Waals surface area contributed by atoms with Crippen molar-refractivity contribution in [1.82, 2.24) is 20.0 Å². The minimum absolute atomic E-state index is 0.211. The summed E-state index contributed by atoms with van der Waals surface area (Å²) in [6.07, 6.45) is 0. The molecule has 3 rings (SSSR count). The van der Waals surface area contributed by atoms with Crippen molar-refractivity contribution in [3.63, 3.8) is 0 Å². The zero-order valence-electron chi connectivity index (χ0n) is 17.4. The molecule has 1 N–H and O–H groups in total. The van der Waals surface area contributed by atoms with Crippen molar-refractivity contribution in [2.75, 3.05) is 65.6 Å². The van der Waals surface area contributed by atoms with Crippen LogP contribution in [0.5, 0.6) is 0 Å². The van der Waals surface area contributed by atoms with Crippen LogP contribution >= 0.6 is 0 Å². The molecular formula is C20H33N5O3. The smallest absolute Gasteiger partial charge is 0.236 e. The average Bonchev–Trinajstić information content (AvgIpc) is 3.03. The molecule has 3 heterocycles. The van der Waals surface area contributed by atoms with Gasteiger partial charge in [0, 0.05) is 51.4 Å². The molecular weight excluding hydrogens is 358 g/mol. The molecule has 0 bridgehead atoms. The first-order chi connectivity index (χ1) is 13.6. The van der Waals surface area contributed by atoms with Gasteiger partial charge >= 0.3 is 0 Å². The van der Waals surface area contributed by atoms with Crippen LogP contribution in [-0.4, -0.2) is 92.1 Å². The van der Waals surface area contributed by atoms with E-state index in [1.807, 2.05) is 18.7 Å². The van der Waals surface area contributed by atoms with Gasteiger partial charge in [-0.3, -0.25) is 9.69 Å². The number of piperazine rings is 1. The molecule has 1 aromatic heterocycles. The number of morpholine rings is 1. The highest BCUT2D eigenvalue weighted by Crippen LogP contribution is 2.15. The summed E-state index contributed by atoms with van der Waals surface area (Å²) >= 11 is 0. The number of rotatable bonds is 5. The lowest BCUT2D eigenvalue weighted by Crippen LogP contribution is -2.54. The molecule has 2 aliphatic heterocycles. The van der Waals surface area contributed by atoms with E-state index in [2.05, 4.69) is 28.1 Å². The Bertz CT molecular complexity index is 673. The normalized spacial score (nSPS) is 19.2. The summed E-state index contributed by atoms with van der Waals surface area (Å²) in [5.41, 5.74) is 1.13. The van der Waals surface area contributed by atoms with E-state index in [-0.39, 0.29) is 5.91 Å². The Labute approximate surface area is 167 Å². The minimum atomic E-state index is 0.211. The van der Waals surface area contributed by atoms with Gasteiger partial charge in [0.15, 0.2) is 5.96 Å². The van der Waals surface area contributed by atoms with Gasteiger partial charge in [0.25, 0.3) is 0 Å². The first-order valence-electron chi connectivity index (χ1n) is 10.2. The standard InChI is InChI=1S/C20H33N5O3/c1-4-21-20(22-14-18-13-16(2)28-17(18)3)25-7-5-23(6-8-25)15-19(26)24-9-11-27-12-10-24/h13H,4-12,14-15H2,1-3H3,(H,21,22). The zero-order chi connectivity index (χ0) is 19.9. The van der Waals surface area contributed by atoms with Crippen LogP contribution in [0.1, 0.15) is 24.0 Å². The third-order valence-electron chi connectivity index (χ3n) is 5.27. The summed E-state index contributed by atoms with van der Waals surface area (Å²) in [6, 6.07) is 2.05. The lowest BCUT2D eigenvalue weighted by molar-refractivity contribution is -0.136. The van der Waals surface area contributed by atoms with Gasteiger partial charge in [-0.25, -0.2) is 4.99 Å². The number of carbonyl (C=O) groups excluding carboxylic acids is 1. The molecule has 0 aliphatic carbocycles. The highest BCUT2D eigenvalue weighted by molar-refractivity contribution is 5.80. The predicted molar refractivity (Wildman–Crippen MR) is 108 cm³/mol. The molecule has 0 spiro atoms. The topological polar surface area (TPSA) is 73.6 Å². The second-order valence-corrected chi connectivity index (χ2v) is 7.36. The van der Waals surface area contributed by atoms with E-state index in [0.29, 0.717) is 39.4 Å². The number of nitrogens with zero attached hydrogens (tertiary/aromatic N) is 4. The SMILES string of the molecule is CCNC(=NCc1cc(C)oc1C)N1CCN(CC(=O)N2CCOCC2)CC1. The largest absolute Gasteiger partial charge is 0.466 e. The van der Waals surface area contributed by atoms with Crippen molar-refractivity contribution < 1.29 is 13.9 Å². The van der Waals surface area contributed by atoms with Crippen LogP contribution < -0.4 is 5.32 Å². The molecule has 1 aromatic rings. The van der Waals surface area contributed by atoms with Gasteiger partial charge < -0.3 is 24.3 Å². The second kappa shape index (κ2) is 9.93. The van der Waals surface area contributed by atoms with Crippen molar-refractivity contribution in [2.45, 2.75) is 27.3 Å². The quantitative estimate of drug-likeness (QED) is 0.592. The molecule has 28 heavy (non-hydrogen) atoms. The zero-order valence-corrected chi connectivity index (χ0v) is 17.4. The van der Waals surface area contributed by atoms with E-state index in [1.54, 1.807) is 0 Å². The van der Waals surface area contributed by atoms with Crippen LogP contribution in [-0.2, 0) is 16.1 Å². The number of hydrogen-bond acceptors (Lipinski definition) is 5. The lowest BCUT2D eigenvalue weighted by atomic mass is 10.2. The summed E-state index contributed by atoms with van der Waals surface area (Å²) in [5, 5.41) is 3.39. The maximum atomic E-state index is 12.4. The number of hydrogen-bond donors (Lipinski definition) is 1. The molecule has 0 saturated carbocycles. The fourth-order valence-corrected chi connectivity index (χ4v) is 3.65. The van der Waals surface area contributed by atoms with E-state index < -0.39 is 0 Å². The van der Waals surface area contributed by atoms with Gasteiger partial charge in [-0.05, 0) is 26.8 Å². The number of furan rings is 1. The van der Waals surface area contributed by atoms with Crippen LogP contribution in [0, 0.1) is 13.8 Å². The molecule has 8 heteroatoms. The molecule has 2 fully saturated rings. The van der Waals surface area contributed by atoms with Crippen LogP contribution in [0.4, 0.5) is 0 Å². The fourth-order valence-electron chi connectivity index (χ4n) is 3.65. The molecule has 156 valence electrons. The average molecular weight is 392 g/mol. The summed E-state index contributed by atoms with van der Waals surface area (Å²) in [6.45, 7) is 14.2. The summed E-state index contributed by atoms with van der Waals surface area (Å²) in [5.74, 6) is 3.00. The number of aryl methyl sites for hydroxylation is 2. The Hall–Kier alpha value is -2.06. The third-order valence-corrected chi connectivity index (χ3v) is 5.27. The van der Waals surface area contributed by atoms with Crippen LogP contribution in [0.2, 0.25) is 0 Å². The van der Waals surface area contributed by atoms with Crippen molar-refractivity contribution in [3.8, 4) is 0 Å². The molecule has 1 amide bonds. The fraction of sp³-hybridized carbons (Fsp3) is 0.700. The number of carbonyl (C=O) groups is 1. The molecule has 0 atom stereocenters.